The highest BCUT2D eigenvalue weighted by atomic mass is 32.1. The van der Waals surface area contributed by atoms with Gasteiger partial charge in [0.05, 0.1) is 0 Å². The molecule has 1 aromatic heterocycles. The highest BCUT2D eigenvalue weighted by Crippen LogP contribution is 2.38. The van der Waals surface area contributed by atoms with Crippen molar-refractivity contribution in [3.8, 4) is 0 Å². The summed E-state index contributed by atoms with van der Waals surface area (Å²) in [7, 11) is 0. The number of aromatic nitrogens is 3. The normalized spacial score (nSPS) is 19.2. The average Bonchev–Trinajstić information content (AvgIpc) is 2.80. The average molecular weight is 268 g/mol. The van der Waals surface area contributed by atoms with Crippen molar-refractivity contribution in [1.29, 1.82) is 0 Å². The minimum atomic E-state index is 0.556. The molecule has 0 saturated carbocycles. The zero-order chi connectivity index (χ0) is 13.2. The van der Waals surface area contributed by atoms with Crippen LogP contribution in [0.15, 0.2) is 0 Å². The van der Waals surface area contributed by atoms with E-state index >= 15 is 0 Å². The molecule has 5 heteroatoms. The van der Waals surface area contributed by atoms with Crippen LogP contribution in [0.1, 0.15) is 46.5 Å². The Labute approximate surface area is 114 Å². The van der Waals surface area contributed by atoms with E-state index < -0.39 is 0 Å². The van der Waals surface area contributed by atoms with Crippen LogP contribution in [0.4, 0.5) is 5.95 Å². The van der Waals surface area contributed by atoms with Gasteiger partial charge in [-0.1, -0.05) is 26.7 Å². The van der Waals surface area contributed by atoms with E-state index in [9.17, 15) is 0 Å². The van der Waals surface area contributed by atoms with Crippen LogP contribution in [-0.2, 0) is 6.54 Å². The van der Waals surface area contributed by atoms with Crippen LogP contribution in [-0.4, -0.2) is 27.9 Å². The Hall–Kier alpha value is -0.840. The molecule has 0 amide bonds. The second kappa shape index (κ2) is 5.43. The van der Waals surface area contributed by atoms with Gasteiger partial charge in [-0.3, -0.25) is 4.57 Å². The molecule has 0 unspecified atom stereocenters. The molecule has 0 aromatic carbocycles. The Balaban J connectivity index is 2.12. The minimum Gasteiger partial charge on any atom is -0.341 e. The Morgan fingerprint density at radius 2 is 1.83 bits per heavy atom. The maximum absolute atomic E-state index is 5.25. The Morgan fingerprint density at radius 1 is 1.22 bits per heavy atom. The molecule has 0 aliphatic carbocycles. The molecule has 1 fully saturated rings. The molecular weight excluding hydrogens is 244 g/mol. The molecule has 0 spiro atoms. The lowest BCUT2D eigenvalue weighted by Gasteiger charge is -2.41. The van der Waals surface area contributed by atoms with Crippen LogP contribution in [0, 0.1) is 10.2 Å². The third-order valence-electron chi connectivity index (χ3n) is 4.66. The zero-order valence-corrected chi connectivity index (χ0v) is 12.5. The first-order valence-electron chi connectivity index (χ1n) is 7.06. The summed E-state index contributed by atoms with van der Waals surface area (Å²) in [6.07, 6.45) is 5.11. The van der Waals surface area contributed by atoms with E-state index in [1.807, 2.05) is 0 Å². The summed E-state index contributed by atoms with van der Waals surface area (Å²) in [6, 6.07) is 0. The van der Waals surface area contributed by atoms with Gasteiger partial charge in [0.15, 0.2) is 4.77 Å². The molecule has 0 radical (unpaired) electrons. The molecule has 1 aromatic rings. The summed E-state index contributed by atoms with van der Waals surface area (Å²) in [6.45, 7) is 9.83. The van der Waals surface area contributed by atoms with Crippen molar-refractivity contribution < 1.29 is 0 Å². The molecule has 1 N–H and O–H groups in total. The lowest BCUT2D eigenvalue weighted by atomic mass is 9.74. The van der Waals surface area contributed by atoms with Gasteiger partial charge in [0, 0.05) is 19.6 Å². The number of anilines is 1. The lowest BCUT2D eigenvalue weighted by molar-refractivity contribution is 0.198. The van der Waals surface area contributed by atoms with E-state index in [4.69, 9.17) is 12.2 Å². The number of H-pyrrole nitrogens is 1. The van der Waals surface area contributed by atoms with Crippen molar-refractivity contribution >= 4 is 18.2 Å². The Kier molecular flexibility index (Phi) is 4.10. The predicted molar refractivity (Wildman–Crippen MR) is 77.5 cm³/mol. The Morgan fingerprint density at radius 3 is 2.33 bits per heavy atom. The number of rotatable bonds is 4. The number of nitrogens with one attached hydrogen (secondary N) is 1. The highest BCUT2D eigenvalue weighted by Gasteiger charge is 2.32. The van der Waals surface area contributed by atoms with E-state index in [0.717, 1.165) is 30.4 Å². The molecule has 0 bridgehead atoms. The maximum atomic E-state index is 5.25. The summed E-state index contributed by atoms with van der Waals surface area (Å²) in [5.41, 5.74) is 0.556. The van der Waals surface area contributed by atoms with Crippen LogP contribution in [0.2, 0.25) is 0 Å². The van der Waals surface area contributed by atoms with Gasteiger partial charge in [-0.2, -0.15) is 0 Å². The smallest absolute Gasteiger partial charge is 0.225 e. The molecule has 2 heterocycles. The lowest BCUT2D eigenvalue weighted by Crippen LogP contribution is -2.40. The summed E-state index contributed by atoms with van der Waals surface area (Å²) >= 11 is 5.25. The molecule has 2 rings (SSSR count). The first-order chi connectivity index (χ1) is 8.65. The standard InChI is InChI=1S/C13H24N4S/c1-4-13(5-2)7-9-16(10-8-13)11-14-15-12(18)17(11)6-3/h4-10H2,1-3H3,(H,15,18). The van der Waals surface area contributed by atoms with Gasteiger partial charge in [-0.25, -0.2) is 5.10 Å². The van der Waals surface area contributed by atoms with Gasteiger partial charge in [-0.05, 0) is 37.4 Å². The zero-order valence-electron chi connectivity index (χ0n) is 11.7. The second-order valence-corrected chi connectivity index (χ2v) is 5.65. The molecule has 0 atom stereocenters. The van der Waals surface area contributed by atoms with E-state index in [-0.39, 0.29) is 0 Å². The summed E-state index contributed by atoms with van der Waals surface area (Å²) < 4.78 is 2.82. The number of aromatic amines is 1. The third kappa shape index (κ3) is 2.32. The van der Waals surface area contributed by atoms with Crippen molar-refractivity contribution in [1.82, 2.24) is 14.8 Å². The monoisotopic (exact) mass is 268 g/mol. The maximum Gasteiger partial charge on any atom is 0.225 e. The van der Waals surface area contributed by atoms with Crippen molar-refractivity contribution in [3.05, 3.63) is 4.77 Å². The topological polar surface area (TPSA) is 36.9 Å². The summed E-state index contributed by atoms with van der Waals surface area (Å²) in [4.78, 5) is 2.37. The van der Waals surface area contributed by atoms with Crippen LogP contribution >= 0.6 is 12.2 Å². The van der Waals surface area contributed by atoms with Crippen molar-refractivity contribution in [2.45, 2.75) is 53.0 Å². The fourth-order valence-corrected chi connectivity index (χ4v) is 3.23. The molecule has 4 nitrogen and oxygen atoms in total. The van der Waals surface area contributed by atoms with Gasteiger partial charge in [0.2, 0.25) is 5.95 Å². The molecule has 1 saturated heterocycles. The molecular formula is C13H24N4S. The van der Waals surface area contributed by atoms with Crippen LogP contribution in [0.3, 0.4) is 0 Å². The molecule has 1 aliphatic rings. The minimum absolute atomic E-state index is 0.556. The highest BCUT2D eigenvalue weighted by molar-refractivity contribution is 7.71. The quantitative estimate of drug-likeness (QED) is 0.851. The van der Waals surface area contributed by atoms with Crippen molar-refractivity contribution in [2.75, 3.05) is 18.0 Å². The number of hydrogen-bond donors (Lipinski definition) is 1. The summed E-state index contributed by atoms with van der Waals surface area (Å²) in [5.74, 6) is 1.02. The first kappa shape index (κ1) is 13.6. The number of hydrogen-bond acceptors (Lipinski definition) is 3. The first-order valence-corrected chi connectivity index (χ1v) is 7.46. The van der Waals surface area contributed by atoms with Crippen LogP contribution in [0.5, 0.6) is 0 Å². The fourth-order valence-electron chi connectivity index (χ4n) is 2.97. The van der Waals surface area contributed by atoms with Crippen molar-refractivity contribution in [2.24, 2.45) is 5.41 Å². The molecule has 1 aliphatic heterocycles. The van der Waals surface area contributed by atoms with Gasteiger partial charge < -0.3 is 4.90 Å². The Bertz CT molecular complexity index is 434. The SMILES string of the molecule is CCn1c(N2CCC(CC)(CC)CC2)n[nH]c1=S. The molecule has 18 heavy (non-hydrogen) atoms. The third-order valence-corrected chi connectivity index (χ3v) is 4.97. The predicted octanol–water partition coefficient (Wildman–Crippen LogP) is 3.37. The number of piperidine rings is 1. The van der Waals surface area contributed by atoms with Crippen molar-refractivity contribution in [3.63, 3.8) is 0 Å². The second-order valence-electron chi connectivity index (χ2n) is 5.27. The van der Waals surface area contributed by atoms with Gasteiger partial charge in [0.1, 0.15) is 0 Å². The van der Waals surface area contributed by atoms with Crippen LogP contribution < -0.4 is 4.90 Å². The summed E-state index contributed by atoms with van der Waals surface area (Å²) in [5, 5.41) is 7.29. The van der Waals surface area contributed by atoms with Gasteiger partial charge in [0.25, 0.3) is 0 Å². The fraction of sp³-hybridized carbons (Fsp3) is 0.846. The van der Waals surface area contributed by atoms with E-state index in [1.165, 1.54) is 25.7 Å². The molecule has 102 valence electrons. The number of nitrogens with zero attached hydrogens (tertiary/aromatic N) is 3. The van der Waals surface area contributed by atoms with Gasteiger partial charge >= 0.3 is 0 Å². The van der Waals surface area contributed by atoms with E-state index in [0.29, 0.717) is 5.41 Å². The van der Waals surface area contributed by atoms with E-state index in [1.54, 1.807) is 0 Å². The largest absolute Gasteiger partial charge is 0.341 e. The van der Waals surface area contributed by atoms with Gasteiger partial charge in [-0.15, -0.1) is 5.10 Å². The van der Waals surface area contributed by atoms with E-state index in [2.05, 4.69) is 40.4 Å². The van der Waals surface area contributed by atoms with Crippen LogP contribution in [0.25, 0.3) is 0 Å².